The Morgan fingerprint density at radius 1 is 0.920 bits per heavy atom. The number of nitrogens with one attached hydrogen (secondary N) is 1. The van der Waals surface area contributed by atoms with E-state index in [0.29, 0.717) is 21.3 Å². The maximum Gasteiger partial charge on any atom is 0.306 e. The first-order valence-corrected chi connectivity index (χ1v) is 8.20. The zero-order chi connectivity index (χ0) is 18.2. The number of amides is 1. The lowest BCUT2D eigenvalue weighted by atomic mass is 10.1. The van der Waals surface area contributed by atoms with Gasteiger partial charge in [0.1, 0.15) is 0 Å². The molecule has 7 heteroatoms. The summed E-state index contributed by atoms with van der Waals surface area (Å²) in [4.78, 5) is 35.3. The summed E-state index contributed by atoms with van der Waals surface area (Å²) in [5.41, 5.74) is 0.944. The molecular formula is C18H15Cl2NO4. The van der Waals surface area contributed by atoms with Crippen LogP contribution in [0.4, 0.5) is 5.69 Å². The van der Waals surface area contributed by atoms with Crippen LogP contribution < -0.4 is 5.32 Å². The number of esters is 1. The monoisotopic (exact) mass is 379 g/mol. The highest BCUT2D eigenvalue weighted by Gasteiger charge is 2.12. The molecule has 0 aliphatic carbocycles. The molecule has 0 heterocycles. The molecule has 2 aromatic rings. The summed E-state index contributed by atoms with van der Waals surface area (Å²) in [6.07, 6.45) is -0.201. The van der Waals surface area contributed by atoms with Gasteiger partial charge in [0, 0.05) is 17.7 Å². The van der Waals surface area contributed by atoms with Crippen LogP contribution in [-0.2, 0) is 14.3 Å². The van der Waals surface area contributed by atoms with E-state index in [2.05, 4.69) is 5.32 Å². The molecule has 0 aliphatic heterocycles. The van der Waals surface area contributed by atoms with Crippen molar-refractivity contribution < 1.29 is 19.1 Å². The number of ketones is 1. The average Bonchev–Trinajstić information content (AvgIpc) is 2.61. The average molecular weight is 380 g/mol. The number of anilines is 1. The van der Waals surface area contributed by atoms with Gasteiger partial charge in [-0.3, -0.25) is 14.4 Å². The van der Waals surface area contributed by atoms with E-state index in [1.165, 1.54) is 6.07 Å². The van der Waals surface area contributed by atoms with Crippen LogP contribution in [0, 0.1) is 0 Å². The number of Topliss-reactive ketones (excluding diaryl/α,β-unsaturated/α-hetero) is 1. The van der Waals surface area contributed by atoms with Crippen LogP contribution in [0.5, 0.6) is 0 Å². The van der Waals surface area contributed by atoms with E-state index in [1.54, 1.807) is 42.5 Å². The Bertz CT molecular complexity index is 778. The predicted octanol–water partition coefficient (Wildman–Crippen LogP) is 4.14. The van der Waals surface area contributed by atoms with E-state index in [4.69, 9.17) is 27.9 Å². The first-order valence-electron chi connectivity index (χ1n) is 7.44. The standard InChI is InChI=1S/C18H15Cl2NO4/c19-14-7-6-13(10-15(14)20)21-17(23)8-9-18(24)25-11-16(22)12-4-2-1-3-5-12/h1-7,10H,8-9,11H2,(H,21,23). The fourth-order valence-corrected chi connectivity index (χ4v) is 2.24. The maximum atomic E-state index is 11.8. The van der Waals surface area contributed by atoms with Crippen LogP contribution >= 0.6 is 23.2 Å². The van der Waals surface area contributed by atoms with Crippen molar-refractivity contribution in [2.45, 2.75) is 12.8 Å². The molecule has 0 atom stereocenters. The molecule has 0 aromatic heterocycles. The van der Waals surface area contributed by atoms with E-state index in [-0.39, 0.29) is 31.1 Å². The SMILES string of the molecule is O=C(CCC(=O)OCC(=O)c1ccccc1)Nc1ccc(Cl)c(Cl)c1. The lowest BCUT2D eigenvalue weighted by Gasteiger charge is -2.07. The van der Waals surface area contributed by atoms with Crippen LogP contribution in [-0.4, -0.2) is 24.3 Å². The fraction of sp³-hybridized carbons (Fsp3) is 0.167. The smallest absolute Gasteiger partial charge is 0.306 e. The van der Waals surface area contributed by atoms with Gasteiger partial charge in [0.15, 0.2) is 12.4 Å². The highest BCUT2D eigenvalue weighted by atomic mass is 35.5. The van der Waals surface area contributed by atoms with E-state index < -0.39 is 5.97 Å². The molecule has 5 nitrogen and oxygen atoms in total. The molecule has 25 heavy (non-hydrogen) atoms. The molecule has 130 valence electrons. The van der Waals surface area contributed by atoms with Crippen LogP contribution in [0.1, 0.15) is 23.2 Å². The van der Waals surface area contributed by atoms with Crippen molar-refractivity contribution in [3.05, 3.63) is 64.1 Å². The Balaban J connectivity index is 1.73. The van der Waals surface area contributed by atoms with Crippen LogP contribution in [0.15, 0.2) is 48.5 Å². The second-order valence-corrected chi connectivity index (χ2v) is 5.94. The molecule has 0 unspecified atom stereocenters. The fourth-order valence-electron chi connectivity index (χ4n) is 1.94. The van der Waals surface area contributed by atoms with Gasteiger partial charge in [0.25, 0.3) is 0 Å². The molecule has 0 aliphatic rings. The number of hydrogen-bond donors (Lipinski definition) is 1. The minimum absolute atomic E-state index is 0.0708. The number of carbonyl (C=O) groups is 3. The predicted molar refractivity (Wildman–Crippen MR) is 96.1 cm³/mol. The third-order valence-corrected chi connectivity index (χ3v) is 3.96. The van der Waals surface area contributed by atoms with Crippen LogP contribution in [0.2, 0.25) is 10.0 Å². The quantitative estimate of drug-likeness (QED) is 0.579. The van der Waals surface area contributed by atoms with Gasteiger partial charge in [-0.05, 0) is 18.2 Å². The van der Waals surface area contributed by atoms with Gasteiger partial charge in [0.05, 0.1) is 16.5 Å². The Morgan fingerprint density at radius 2 is 1.64 bits per heavy atom. The Hall–Kier alpha value is -2.37. The number of halogens is 2. The number of carbonyl (C=O) groups excluding carboxylic acids is 3. The highest BCUT2D eigenvalue weighted by molar-refractivity contribution is 6.42. The van der Waals surface area contributed by atoms with Crippen LogP contribution in [0.25, 0.3) is 0 Å². The third kappa shape index (κ3) is 6.21. The van der Waals surface area contributed by atoms with Gasteiger partial charge < -0.3 is 10.1 Å². The summed E-state index contributed by atoms with van der Waals surface area (Å²) in [6, 6.07) is 13.2. The normalized spacial score (nSPS) is 10.2. The van der Waals surface area contributed by atoms with Gasteiger partial charge >= 0.3 is 5.97 Å². The van der Waals surface area contributed by atoms with Crippen molar-refractivity contribution in [2.24, 2.45) is 0 Å². The Kier molecular flexibility index (Phi) is 6.98. The molecular weight excluding hydrogens is 365 g/mol. The largest absolute Gasteiger partial charge is 0.457 e. The molecule has 2 aromatic carbocycles. The summed E-state index contributed by atoms with van der Waals surface area (Å²) >= 11 is 11.6. The summed E-state index contributed by atoms with van der Waals surface area (Å²) in [7, 11) is 0. The maximum absolute atomic E-state index is 11.8. The van der Waals surface area contributed by atoms with Crippen molar-refractivity contribution >= 4 is 46.5 Å². The van der Waals surface area contributed by atoms with Gasteiger partial charge in [0.2, 0.25) is 5.91 Å². The first-order chi connectivity index (χ1) is 12.0. The van der Waals surface area contributed by atoms with Gasteiger partial charge in [-0.25, -0.2) is 0 Å². The summed E-state index contributed by atoms with van der Waals surface area (Å²) < 4.78 is 4.89. The third-order valence-electron chi connectivity index (χ3n) is 3.22. The zero-order valence-corrected chi connectivity index (χ0v) is 14.6. The van der Waals surface area contributed by atoms with Crippen molar-refractivity contribution in [1.82, 2.24) is 0 Å². The van der Waals surface area contributed by atoms with Crippen molar-refractivity contribution in [1.29, 1.82) is 0 Å². The molecule has 2 rings (SSSR count). The van der Waals surface area contributed by atoms with Gasteiger partial charge in [-0.1, -0.05) is 53.5 Å². The molecule has 1 amide bonds. The van der Waals surface area contributed by atoms with E-state index >= 15 is 0 Å². The minimum atomic E-state index is -0.617. The molecule has 0 saturated carbocycles. The van der Waals surface area contributed by atoms with Crippen molar-refractivity contribution in [3.8, 4) is 0 Å². The second-order valence-electron chi connectivity index (χ2n) is 5.13. The lowest BCUT2D eigenvalue weighted by molar-refractivity contribution is -0.143. The summed E-state index contributed by atoms with van der Waals surface area (Å²) in [5.74, 6) is -1.28. The number of benzene rings is 2. The number of rotatable bonds is 7. The Labute approximate surface area is 154 Å². The molecule has 0 saturated heterocycles. The Morgan fingerprint density at radius 3 is 2.32 bits per heavy atom. The first kappa shape index (κ1) is 19.0. The molecule has 0 fully saturated rings. The molecule has 1 N–H and O–H groups in total. The summed E-state index contributed by atoms with van der Waals surface area (Å²) in [5, 5.41) is 3.30. The summed E-state index contributed by atoms with van der Waals surface area (Å²) in [6.45, 7) is -0.350. The molecule has 0 radical (unpaired) electrons. The van der Waals surface area contributed by atoms with E-state index in [0.717, 1.165) is 0 Å². The van der Waals surface area contributed by atoms with Crippen LogP contribution in [0.3, 0.4) is 0 Å². The number of hydrogen-bond acceptors (Lipinski definition) is 4. The second kappa shape index (κ2) is 9.20. The van der Waals surface area contributed by atoms with E-state index in [1.807, 2.05) is 0 Å². The van der Waals surface area contributed by atoms with E-state index in [9.17, 15) is 14.4 Å². The van der Waals surface area contributed by atoms with Gasteiger partial charge in [-0.15, -0.1) is 0 Å². The molecule has 0 bridgehead atoms. The topological polar surface area (TPSA) is 72.5 Å². The van der Waals surface area contributed by atoms with Crippen molar-refractivity contribution in [2.75, 3.05) is 11.9 Å². The van der Waals surface area contributed by atoms with Crippen molar-refractivity contribution in [3.63, 3.8) is 0 Å². The van der Waals surface area contributed by atoms with Gasteiger partial charge in [-0.2, -0.15) is 0 Å². The molecule has 0 spiro atoms. The number of ether oxygens (including phenoxy) is 1. The minimum Gasteiger partial charge on any atom is -0.457 e. The zero-order valence-electron chi connectivity index (χ0n) is 13.1. The lowest BCUT2D eigenvalue weighted by Crippen LogP contribution is -2.17. The highest BCUT2D eigenvalue weighted by Crippen LogP contribution is 2.25.